The van der Waals surface area contributed by atoms with Gasteiger partial charge < -0.3 is 0 Å². The van der Waals surface area contributed by atoms with Crippen LogP contribution in [0.1, 0.15) is 11.8 Å². The maximum absolute atomic E-state index is 12.4. The Morgan fingerprint density at radius 3 is 2.68 bits per heavy atom. The lowest BCUT2D eigenvalue weighted by Crippen LogP contribution is -2.49. The van der Waals surface area contributed by atoms with Crippen LogP contribution >= 0.6 is 11.3 Å². The van der Waals surface area contributed by atoms with E-state index in [1.54, 1.807) is 6.92 Å². The van der Waals surface area contributed by atoms with Crippen molar-refractivity contribution >= 4 is 31.2 Å². The zero-order chi connectivity index (χ0) is 14.3. The first-order valence-corrected chi connectivity index (χ1v) is 9.56. The van der Waals surface area contributed by atoms with E-state index in [-0.39, 0.29) is 22.3 Å². The molecule has 1 saturated heterocycles. The number of thiophene rings is 1. The fourth-order valence-electron chi connectivity index (χ4n) is 1.97. The highest BCUT2D eigenvalue weighted by Crippen LogP contribution is 2.27. The third kappa shape index (κ3) is 2.81. The minimum Gasteiger partial charge on any atom is -0.229 e. The highest BCUT2D eigenvalue weighted by atomic mass is 32.2. The lowest BCUT2D eigenvalue weighted by Gasteiger charge is -2.31. The van der Waals surface area contributed by atoms with Crippen molar-refractivity contribution in [1.29, 1.82) is 5.26 Å². The van der Waals surface area contributed by atoms with Crippen LogP contribution in [0.25, 0.3) is 0 Å². The topological polar surface area (TPSA) is 95.3 Å². The Bertz CT molecular complexity index is 727. The summed E-state index contributed by atoms with van der Waals surface area (Å²) < 4.78 is 48.9. The van der Waals surface area contributed by atoms with Crippen molar-refractivity contribution in [2.24, 2.45) is 0 Å². The van der Waals surface area contributed by atoms with Crippen LogP contribution in [-0.2, 0) is 19.9 Å². The summed E-state index contributed by atoms with van der Waals surface area (Å²) in [5, 5.41) is 8.72. The summed E-state index contributed by atoms with van der Waals surface area (Å²) in [5.41, 5.74) is 0. The van der Waals surface area contributed by atoms with Crippen LogP contribution in [0, 0.1) is 11.3 Å². The molecule has 1 atom stereocenters. The van der Waals surface area contributed by atoms with E-state index in [1.165, 1.54) is 16.4 Å². The molecule has 0 N–H and O–H groups in total. The van der Waals surface area contributed by atoms with E-state index in [0.717, 1.165) is 11.3 Å². The highest BCUT2D eigenvalue weighted by molar-refractivity contribution is 7.92. The number of nitriles is 1. The first kappa shape index (κ1) is 14.5. The molecule has 1 fully saturated rings. The van der Waals surface area contributed by atoms with Crippen LogP contribution in [0.2, 0.25) is 0 Å². The average Bonchev–Trinajstić information content (AvgIpc) is 2.76. The van der Waals surface area contributed by atoms with Crippen molar-refractivity contribution in [3.8, 4) is 6.07 Å². The number of rotatable bonds is 2. The summed E-state index contributed by atoms with van der Waals surface area (Å²) in [6.45, 7) is 1.54. The Balaban J connectivity index is 2.33. The summed E-state index contributed by atoms with van der Waals surface area (Å²) in [4.78, 5) is 0.316. The summed E-state index contributed by atoms with van der Waals surface area (Å²) in [7, 11) is -6.88. The van der Waals surface area contributed by atoms with Gasteiger partial charge in [-0.25, -0.2) is 16.8 Å². The second kappa shape index (κ2) is 4.86. The minimum atomic E-state index is -3.71. The van der Waals surface area contributed by atoms with Crippen LogP contribution in [0.4, 0.5) is 0 Å². The van der Waals surface area contributed by atoms with Crippen molar-refractivity contribution in [1.82, 2.24) is 4.31 Å². The van der Waals surface area contributed by atoms with E-state index in [9.17, 15) is 16.8 Å². The summed E-state index contributed by atoms with van der Waals surface area (Å²) in [6.07, 6.45) is 0. The number of nitrogens with zero attached hydrogens (tertiary/aromatic N) is 2. The van der Waals surface area contributed by atoms with E-state index in [4.69, 9.17) is 5.26 Å². The van der Waals surface area contributed by atoms with Gasteiger partial charge in [-0.05, 0) is 19.1 Å². The molecule has 0 aliphatic carbocycles. The number of sulfone groups is 1. The van der Waals surface area contributed by atoms with Gasteiger partial charge in [0.25, 0.3) is 10.0 Å². The van der Waals surface area contributed by atoms with Crippen LogP contribution in [0.5, 0.6) is 0 Å². The predicted molar refractivity (Wildman–Crippen MR) is 71.0 cm³/mol. The molecule has 0 bridgehead atoms. The van der Waals surface area contributed by atoms with Gasteiger partial charge in [0, 0.05) is 12.6 Å². The van der Waals surface area contributed by atoms with Crippen molar-refractivity contribution in [3.05, 3.63) is 17.0 Å². The molecular formula is C10H12N2O4S3. The van der Waals surface area contributed by atoms with Gasteiger partial charge in [-0.2, -0.15) is 9.57 Å². The summed E-state index contributed by atoms with van der Waals surface area (Å²) in [5.74, 6) is -0.324. The highest BCUT2D eigenvalue weighted by Gasteiger charge is 2.37. The molecular weight excluding hydrogens is 308 g/mol. The van der Waals surface area contributed by atoms with Crippen molar-refractivity contribution < 1.29 is 16.8 Å². The largest absolute Gasteiger partial charge is 0.252 e. The molecule has 1 aromatic heterocycles. The van der Waals surface area contributed by atoms with Crippen LogP contribution in [0.3, 0.4) is 0 Å². The maximum Gasteiger partial charge on any atom is 0.252 e. The number of sulfonamides is 1. The van der Waals surface area contributed by atoms with Gasteiger partial charge in [-0.3, -0.25) is 0 Å². The standard InChI is InChI=1S/C10H12N2O4S3/c1-8-7-18(13,14)5-4-12(8)19(15,16)10-3-2-9(6-11)17-10/h2-3,8H,4-5,7H2,1H3. The van der Waals surface area contributed by atoms with Gasteiger partial charge in [0.15, 0.2) is 9.84 Å². The van der Waals surface area contributed by atoms with E-state index < -0.39 is 25.9 Å². The molecule has 104 valence electrons. The molecule has 0 aromatic carbocycles. The molecule has 0 spiro atoms. The van der Waals surface area contributed by atoms with Gasteiger partial charge in [0.1, 0.15) is 15.2 Å². The zero-order valence-electron chi connectivity index (χ0n) is 10.1. The quantitative estimate of drug-likeness (QED) is 0.787. The summed E-state index contributed by atoms with van der Waals surface area (Å²) >= 11 is 0.895. The molecule has 19 heavy (non-hydrogen) atoms. The van der Waals surface area contributed by atoms with E-state index >= 15 is 0 Å². The van der Waals surface area contributed by atoms with Gasteiger partial charge >= 0.3 is 0 Å². The van der Waals surface area contributed by atoms with Gasteiger partial charge in [0.2, 0.25) is 0 Å². The van der Waals surface area contributed by atoms with Gasteiger partial charge in [-0.1, -0.05) is 0 Å². The minimum absolute atomic E-state index is 0.0361. The Kier molecular flexibility index (Phi) is 3.70. The molecule has 0 radical (unpaired) electrons. The lowest BCUT2D eigenvalue weighted by atomic mass is 10.4. The second-order valence-electron chi connectivity index (χ2n) is 4.31. The monoisotopic (exact) mass is 320 g/mol. The average molecular weight is 320 g/mol. The van der Waals surface area contributed by atoms with Crippen LogP contribution < -0.4 is 0 Å². The summed E-state index contributed by atoms with van der Waals surface area (Å²) in [6, 6.07) is 4.13. The smallest absolute Gasteiger partial charge is 0.229 e. The van der Waals surface area contributed by atoms with Crippen molar-refractivity contribution in [2.75, 3.05) is 18.1 Å². The normalized spacial score (nSPS) is 23.9. The second-order valence-corrected chi connectivity index (χ2v) is 9.74. The third-order valence-corrected chi connectivity index (χ3v) is 8.13. The third-order valence-electron chi connectivity index (χ3n) is 2.86. The van der Waals surface area contributed by atoms with Crippen LogP contribution in [0.15, 0.2) is 16.3 Å². The van der Waals surface area contributed by atoms with Crippen LogP contribution in [-0.4, -0.2) is 45.2 Å². The maximum atomic E-state index is 12.4. The zero-order valence-corrected chi connectivity index (χ0v) is 12.6. The molecule has 1 unspecified atom stereocenters. The first-order valence-electron chi connectivity index (χ1n) is 5.48. The molecule has 2 heterocycles. The van der Waals surface area contributed by atoms with Gasteiger partial charge in [0.05, 0.1) is 11.5 Å². The Labute approximate surface area is 116 Å². The Morgan fingerprint density at radius 1 is 1.47 bits per heavy atom. The Hall–Kier alpha value is -0.950. The van der Waals surface area contributed by atoms with Crippen molar-refractivity contribution in [2.45, 2.75) is 17.2 Å². The molecule has 6 nitrogen and oxygen atoms in total. The molecule has 0 amide bonds. The number of hydrogen-bond acceptors (Lipinski definition) is 6. The fraction of sp³-hybridized carbons (Fsp3) is 0.500. The van der Waals surface area contributed by atoms with E-state index in [2.05, 4.69) is 0 Å². The van der Waals surface area contributed by atoms with Gasteiger partial charge in [-0.15, -0.1) is 11.3 Å². The molecule has 0 saturated carbocycles. The SMILES string of the molecule is CC1CS(=O)(=O)CCN1S(=O)(=O)c1ccc(C#N)s1. The molecule has 2 rings (SSSR count). The van der Waals surface area contributed by atoms with E-state index in [1.807, 2.05) is 6.07 Å². The lowest BCUT2D eigenvalue weighted by molar-refractivity contribution is 0.357. The van der Waals surface area contributed by atoms with E-state index in [0.29, 0.717) is 4.88 Å². The molecule has 1 aliphatic rings. The fourth-order valence-corrected chi connectivity index (χ4v) is 6.60. The molecule has 1 aromatic rings. The number of hydrogen-bond donors (Lipinski definition) is 0. The predicted octanol–water partition coefficient (Wildman–Crippen LogP) is 0.427. The van der Waals surface area contributed by atoms with Crippen molar-refractivity contribution in [3.63, 3.8) is 0 Å². The molecule has 9 heteroatoms. The molecule has 1 aliphatic heterocycles. The Morgan fingerprint density at radius 2 is 2.16 bits per heavy atom. The first-order chi connectivity index (χ1) is 8.76.